The molecule has 0 amide bonds. The maximum Gasteiger partial charge on any atom is 0.146 e. The molecule has 23 heavy (non-hydrogen) atoms. The van der Waals surface area contributed by atoms with Crippen LogP contribution in [0.2, 0.25) is 0 Å². The third-order valence-electron chi connectivity index (χ3n) is 4.26. The Morgan fingerprint density at radius 1 is 0.870 bits per heavy atom. The summed E-state index contributed by atoms with van der Waals surface area (Å²) >= 11 is 0. The number of halogens is 2. The second kappa shape index (κ2) is 7.06. The minimum Gasteiger partial charge on any atom is -0.387 e. The predicted molar refractivity (Wildman–Crippen MR) is 86.4 cm³/mol. The average molecular weight is 318 g/mol. The predicted octanol–water partition coefficient (Wildman–Crippen LogP) is 2.82. The zero-order valence-corrected chi connectivity index (χ0v) is 12.8. The van der Waals surface area contributed by atoms with Gasteiger partial charge in [0.05, 0.1) is 11.8 Å². The summed E-state index contributed by atoms with van der Waals surface area (Å²) in [5, 5.41) is 10.2. The molecular formula is C18H20F2N2O. The summed E-state index contributed by atoms with van der Waals surface area (Å²) in [5.41, 5.74) is 0.936. The summed E-state index contributed by atoms with van der Waals surface area (Å²) in [6.45, 7) is 3.17. The number of rotatable bonds is 4. The molecule has 0 spiro atoms. The Kier molecular flexibility index (Phi) is 4.88. The van der Waals surface area contributed by atoms with Crippen molar-refractivity contribution >= 4 is 5.69 Å². The fourth-order valence-electron chi connectivity index (χ4n) is 2.97. The minimum atomic E-state index is -0.851. The van der Waals surface area contributed by atoms with E-state index in [-0.39, 0.29) is 11.6 Å². The van der Waals surface area contributed by atoms with Crippen LogP contribution in [0, 0.1) is 11.6 Å². The summed E-state index contributed by atoms with van der Waals surface area (Å²) < 4.78 is 27.5. The molecule has 1 saturated heterocycles. The maximum atomic E-state index is 13.8. The molecule has 2 aromatic carbocycles. The fourth-order valence-corrected chi connectivity index (χ4v) is 2.97. The number of anilines is 1. The lowest BCUT2D eigenvalue weighted by Crippen LogP contribution is -2.47. The first-order valence-corrected chi connectivity index (χ1v) is 7.79. The number of benzene rings is 2. The lowest BCUT2D eigenvalue weighted by atomic mass is 10.1. The lowest BCUT2D eigenvalue weighted by Gasteiger charge is -2.37. The Hall–Kier alpha value is -1.98. The van der Waals surface area contributed by atoms with Crippen molar-refractivity contribution < 1.29 is 13.9 Å². The van der Waals surface area contributed by atoms with Crippen LogP contribution in [0.5, 0.6) is 0 Å². The molecule has 1 fully saturated rings. The number of aliphatic hydroxyl groups excluding tert-OH is 1. The van der Waals surface area contributed by atoms with Gasteiger partial charge in [-0.15, -0.1) is 0 Å². The Labute approximate surface area is 134 Å². The molecule has 0 aromatic heterocycles. The first-order chi connectivity index (χ1) is 11.1. The van der Waals surface area contributed by atoms with Crippen molar-refractivity contribution in [2.24, 2.45) is 0 Å². The molecule has 3 rings (SSSR count). The average Bonchev–Trinajstić information content (AvgIpc) is 2.56. The highest BCUT2D eigenvalue weighted by Gasteiger charge is 2.22. The molecule has 5 heteroatoms. The number of nitrogens with zero attached hydrogens (tertiary/aromatic N) is 2. The van der Waals surface area contributed by atoms with Crippen LogP contribution in [-0.2, 0) is 0 Å². The highest BCUT2D eigenvalue weighted by molar-refractivity contribution is 5.48. The Morgan fingerprint density at radius 2 is 1.48 bits per heavy atom. The van der Waals surface area contributed by atoms with Crippen molar-refractivity contribution in [1.29, 1.82) is 0 Å². The van der Waals surface area contributed by atoms with E-state index >= 15 is 0 Å². The van der Waals surface area contributed by atoms with Gasteiger partial charge in [0.2, 0.25) is 0 Å². The minimum absolute atomic E-state index is 0.215. The van der Waals surface area contributed by atoms with Gasteiger partial charge in [0.1, 0.15) is 11.6 Å². The number of aliphatic hydroxyl groups is 1. The van der Waals surface area contributed by atoms with E-state index in [2.05, 4.69) is 4.90 Å². The van der Waals surface area contributed by atoms with Crippen LogP contribution in [0.4, 0.5) is 14.5 Å². The molecule has 0 saturated carbocycles. The second-order valence-corrected chi connectivity index (χ2v) is 5.78. The number of β-amino-alcohol motifs (C(OH)–C–C–N with tert-alkyl or cyclic N) is 1. The molecule has 1 heterocycles. The standard InChI is InChI=1S/C18H20F2N2O/c19-15-6-2-1-5-14(15)18(23)13-21-9-11-22(12-10-21)17-8-4-3-7-16(17)20/h1-8,18,23H,9-13H2. The monoisotopic (exact) mass is 318 g/mol. The zero-order chi connectivity index (χ0) is 16.2. The van der Waals surface area contributed by atoms with Crippen LogP contribution >= 0.6 is 0 Å². The smallest absolute Gasteiger partial charge is 0.146 e. The van der Waals surface area contributed by atoms with E-state index in [1.54, 1.807) is 30.3 Å². The van der Waals surface area contributed by atoms with E-state index in [0.29, 0.717) is 44.0 Å². The number of hydrogen-bond acceptors (Lipinski definition) is 3. The molecule has 0 aliphatic carbocycles. The van der Waals surface area contributed by atoms with Crippen molar-refractivity contribution in [2.75, 3.05) is 37.6 Å². The van der Waals surface area contributed by atoms with Crippen molar-refractivity contribution in [1.82, 2.24) is 4.90 Å². The molecule has 1 N–H and O–H groups in total. The van der Waals surface area contributed by atoms with Gasteiger partial charge < -0.3 is 10.0 Å². The summed E-state index contributed by atoms with van der Waals surface area (Å²) in [5.74, 6) is -0.600. The maximum absolute atomic E-state index is 13.8. The summed E-state index contributed by atoms with van der Waals surface area (Å²) in [4.78, 5) is 4.08. The molecule has 0 bridgehead atoms. The molecule has 1 atom stereocenters. The van der Waals surface area contributed by atoms with E-state index in [0.717, 1.165) is 0 Å². The topological polar surface area (TPSA) is 26.7 Å². The zero-order valence-electron chi connectivity index (χ0n) is 12.8. The van der Waals surface area contributed by atoms with Crippen LogP contribution < -0.4 is 4.90 Å². The van der Waals surface area contributed by atoms with Gasteiger partial charge in [0.25, 0.3) is 0 Å². The normalized spacial score (nSPS) is 17.3. The summed E-state index contributed by atoms with van der Waals surface area (Å²) in [6, 6.07) is 13.0. The van der Waals surface area contributed by atoms with Crippen molar-refractivity contribution in [3.63, 3.8) is 0 Å². The van der Waals surface area contributed by atoms with Crippen LogP contribution in [-0.4, -0.2) is 42.7 Å². The quantitative estimate of drug-likeness (QED) is 0.939. The Balaban J connectivity index is 1.57. The lowest BCUT2D eigenvalue weighted by molar-refractivity contribution is 0.106. The van der Waals surface area contributed by atoms with Crippen LogP contribution in [0.3, 0.4) is 0 Å². The first-order valence-electron chi connectivity index (χ1n) is 7.79. The molecule has 122 valence electrons. The largest absolute Gasteiger partial charge is 0.387 e. The Bertz CT molecular complexity index is 657. The van der Waals surface area contributed by atoms with Crippen molar-refractivity contribution in [2.45, 2.75) is 6.10 Å². The molecular weight excluding hydrogens is 298 g/mol. The SMILES string of the molecule is OC(CN1CCN(c2ccccc2F)CC1)c1ccccc1F. The van der Waals surface area contributed by atoms with E-state index in [1.165, 1.54) is 12.1 Å². The van der Waals surface area contributed by atoms with Gasteiger partial charge in [-0.25, -0.2) is 8.78 Å². The van der Waals surface area contributed by atoms with Gasteiger partial charge in [-0.3, -0.25) is 4.90 Å². The molecule has 1 aliphatic heterocycles. The van der Waals surface area contributed by atoms with Gasteiger partial charge in [-0.2, -0.15) is 0 Å². The van der Waals surface area contributed by atoms with Crippen LogP contribution in [0.15, 0.2) is 48.5 Å². The van der Waals surface area contributed by atoms with Gasteiger partial charge in [0, 0.05) is 38.3 Å². The molecule has 0 radical (unpaired) electrons. The van der Waals surface area contributed by atoms with Crippen LogP contribution in [0.1, 0.15) is 11.7 Å². The highest BCUT2D eigenvalue weighted by Crippen LogP contribution is 2.22. The van der Waals surface area contributed by atoms with E-state index in [4.69, 9.17) is 0 Å². The van der Waals surface area contributed by atoms with Gasteiger partial charge in [0.15, 0.2) is 0 Å². The third kappa shape index (κ3) is 3.68. The molecule has 1 aliphatic rings. The number of para-hydroxylation sites is 1. The highest BCUT2D eigenvalue weighted by atomic mass is 19.1. The first kappa shape index (κ1) is 15.9. The van der Waals surface area contributed by atoms with Crippen molar-refractivity contribution in [3.8, 4) is 0 Å². The van der Waals surface area contributed by atoms with Crippen molar-refractivity contribution in [3.05, 3.63) is 65.7 Å². The molecule has 2 aromatic rings. The fraction of sp³-hybridized carbons (Fsp3) is 0.333. The number of piperazine rings is 1. The van der Waals surface area contributed by atoms with Crippen LogP contribution in [0.25, 0.3) is 0 Å². The van der Waals surface area contributed by atoms with E-state index < -0.39 is 6.10 Å². The summed E-state index contributed by atoms with van der Waals surface area (Å²) in [6.07, 6.45) is -0.851. The molecule has 1 unspecified atom stereocenters. The number of hydrogen-bond donors (Lipinski definition) is 1. The van der Waals surface area contributed by atoms with E-state index in [1.807, 2.05) is 11.0 Å². The summed E-state index contributed by atoms with van der Waals surface area (Å²) in [7, 11) is 0. The Morgan fingerprint density at radius 3 is 2.13 bits per heavy atom. The van der Waals surface area contributed by atoms with E-state index in [9.17, 15) is 13.9 Å². The third-order valence-corrected chi connectivity index (χ3v) is 4.26. The van der Waals surface area contributed by atoms with Gasteiger partial charge >= 0.3 is 0 Å². The molecule has 3 nitrogen and oxygen atoms in total. The second-order valence-electron chi connectivity index (χ2n) is 5.78. The van der Waals surface area contributed by atoms with Gasteiger partial charge in [-0.05, 0) is 18.2 Å². The van der Waals surface area contributed by atoms with Gasteiger partial charge in [-0.1, -0.05) is 30.3 Å².